The second kappa shape index (κ2) is 41.9. The van der Waals surface area contributed by atoms with Crippen molar-refractivity contribution in [2.45, 2.75) is 103 Å². The Bertz CT molecular complexity index is 1770. The van der Waals surface area contributed by atoms with Gasteiger partial charge in [-0.25, -0.2) is 19.2 Å². The Balaban J connectivity index is 0. The van der Waals surface area contributed by atoms with Crippen molar-refractivity contribution in [3.63, 3.8) is 0 Å². The van der Waals surface area contributed by atoms with Gasteiger partial charge in [-0.2, -0.15) is 0 Å². The van der Waals surface area contributed by atoms with Crippen molar-refractivity contribution < 1.29 is 122 Å². The fourth-order valence-corrected chi connectivity index (χ4v) is 8.48. The summed E-state index contributed by atoms with van der Waals surface area (Å²) in [7, 11) is 4.34. The number of carboxylic acid groups (broad SMARTS) is 1. The van der Waals surface area contributed by atoms with Crippen molar-refractivity contribution in [2.24, 2.45) is 0 Å². The van der Waals surface area contributed by atoms with Crippen LogP contribution in [0, 0.1) is 0 Å². The van der Waals surface area contributed by atoms with E-state index in [2.05, 4.69) is 26.3 Å². The van der Waals surface area contributed by atoms with Crippen LogP contribution < -0.4 is 0 Å². The Kier molecular flexibility index (Phi) is 40.1. The predicted octanol–water partition coefficient (Wildman–Crippen LogP) is 2.78. The second-order valence-corrected chi connectivity index (χ2v) is 22.6. The van der Waals surface area contributed by atoms with Gasteiger partial charge in [0.25, 0.3) is 0 Å². The Morgan fingerprint density at radius 2 is 0.829 bits per heavy atom. The molecule has 0 aromatic carbocycles. The highest BCUT2D eigenvalue weighted by atomic mass is 28.4. The molecule has 0 amide bonds. The van der Waals surface area contributed by atoms with E-state index in [1.54, 1.807) is 21.3 Å². The number of aliphatic hydroxyl groups excluding tert-OH is 1. The van der Waals surface area contributed by atoms with Crippen molar-refractivity contribution in [1.29, 1.82) is 0 Å². The third kappa shape index (κ3) is 36.7. The lowest BCUT2D eigenvalue weighted by Crippen LogP contribution is -2.42. The zero-order chi connectivity index (χ0) is 58.3. The van der Waals surface area contributed by atoms with Crippen LogP contribution in [0.15, 0.2) is 48.6 Å². The minimum absolute atomic E-state index is 0.0652. The first-order chi connectivity index (χ1) is 35.8. The van der Waals surface area contributed by atoms with Gasteiger partial charge < -0.3 is 84.1 Å². The molecule has 1 saturated heterocycles. The smallest absolute Gasteiger partial charge is 0.481 e. The molecule has 0 aliphatic carbocycles. The summed E-state index contributed by atoms with van der Waals surface area (Å²) in [6.07, 6.45) is -2.85. The fraction of sp³-hybridized carbons (Fsp3) is 0.667. The minimum Gasteiger partial charge on any atom is -0.481 e. The molecule has 76 heavy (non-hydrogen) atoms. The average molecular weight is 1130 g/mol. The van der Waals surface area contributed by atoms with Crippen molar-refractivity contribution in [1.82, 2.24) is 0 Å². The van der Waals surface area contributed by atoms with Crippen molar-refractivity contribution in [2.75, 3.05) is 109 Å². The third-order valence-corrected chi connectivity index (χ3v) is 15.2. The van der Waals surface area contributed by atoms with Crippen molar-refractivity contribution >= 4 is 65.4 Å². The molecule has 0 aromatic rings. The molecular weight excluding hydrogens is 1050 g/mol. The van der Waals surface area contributed by atoms with Crippen LogP contribution >= 0.6 is 0 Å². The second-order valence-electron chi connectivity index (χ2n) is 16.4. The van der Waals surface area contributed by atoms with E-state index in [0.717, 1.165) is 19.1 Å². The van der Waals surface area contributed by atoms with Crippen LogP contribution in [0.5, 0.6) is 0 Å². The van der Waals surface area contributed by atoms with Gasteiger partial charge in [0.2, 0.25) is 0 Å². The van der Waals surface area contributed by atoms with Crippen LogP contribution in [0.3, 0.4) is 0 Å². The van der Waals surface area contributed by atoms with Gasteiger partial charge in [0.1, 0.15) is 45.2 Å². The van der Waals surface area contributed by atoms with E-state index in [1.165, 1.54) is 49.0 Å². The zero-order valence-corrected chi connectivity index (χ0v) is 47.6. The number of hydrogen-bond acceptors (Lipinski definition) is 25. The van der Waals surface area contributed by atoms with Crippen LogP contribution in [0.4, 0.5) is 0 Å². The van der Waals surface area contributed by atoms with E-state index in [-0.39, 0.29) is 81.2 Å². The topological polar surface area (TPSA) is 328 Å². The van der Waals surface area contributed by atoms with Gasteiger partial charge in [-0.3, -0.25) is 19.2 Å². The number of aliphatic carboxylic acids is 1. The van der Waals surface area contributed by atoms with Gasteiger partial charge in [0.15, 0.2) is 12.2 Å². The lowest BCUT2D eigenvalue weighted by atomic mass is 10.3. The fourth-order valence-electron chi connectivity index (χ4n) is 5.10. The van der Waals surface area contributed by atoms with Crippen LogP contribution in [0.1, 0.15) is 66.2 Å². The van der Waals surface area contributed by atoms with Gasteiger partial charge in [-0.15, -0.1) is 0 Å². The molecule has 2 unspecified atom stereocenters. The lowest BCUT2D eigenvalue weighted by Gasteiger charge is -2.24. The van der Waals surface area contributed by atoms with Gasteiger partial charge in [-0.05, 0) is 40.5 Å². The summed E-state index contributed by atoms with van der Waals surface area (Å²) in [4.78, 5) is 91.9. The molecule has 436 valence electrons. The number of epoxide rings is 1. The maximum Gasteiger partial charge on any atom is 0.500 e. The molecule has 1 heterocycles. The summed E-state index contributed by atoms with van der Waals surface area (Å²) < 4.78 is 82.2. The molecule has 26 nitrogen and oxygen atoms in total. The van der Waals surface area contributed by atoms with Crippen LogP contribution in [-0.2, 0) is 112 Å². The highest BCUT2D eigenvalue weighted by molar-refractivity contribution is 6.60. The molecule has 1 rings (SSSR count). The standard InChI is InChI=1S/C24H40O13Si.C15H20O8.C9H20O5Si/c1-17(2)23(28)35-15-20(16-36-24(29)18(3)4)37-22(27)10-9-21(26)34-14-19(25)13-33-11-8-12-38(30-5,31-6)32-7;1-9(2)14(19)21-7-11(8-22-15(20)10(3)4)23-13(18)6-5-12(16)17;1-10-15(11-2,12-3)6-4-5-13-7-9-8-14-9/h19-20,25H,1,3,8-16H2,2,4-7H3;11H,1,3,5-8H2,2,4H3,(H,16,17);9H,4-8H2,1-3H3. The largest absolute Gasteiger partial charge is 0.500 e. The molecule has 0 spiro atoms. The quantitative estimate of drug-likeness (QED) is 0.0222. The number of hydrogen-bond donors (Lipinski definition) is 2. The number of esters is 7. The minimum atomic E-state index is -2.68. The van der Waals surface area contributed by atoms with Crippen molar-refractivity contribution in [3.05, 3.63) is 48.6 Å². The van der Waals surface area contributed by atoms with E-state index in [0.29, 0.717) is 38.4 Å². The number of rotatable bonds is 40. The van der Waals surface area contributed by atoms with Crippen molar-refractivity contribution in [3.8, 4) is 0 Å². The zero-order valence-electron chi connectivity index (χ0n) is 45.6. The predicted molar refractivity (Wildman–Crippen MR) is 270 cm³/mol. The molecule has 0 radical (unpaired) electrons. The Morgan fingerprint density at radius 3 is 1.14 bits per heavy atom. The van der Waals surface area contributed by atoms with Crippen LogP contribution in [0.25, 0.3) is 0 Å². The molecular formula is C48H80O26Si2. The SMILES string of the molecule is C=C(C)C(=O)OCC(COC(=O)C(=C)C)OC(=O)CCC(=O)O.C=C(C)C(=O)OCC(COC(=O)C(=C)C)OC(=O)CCC(=O)OCC(O)COCCC[Si](OC)(OC)OC.CO[Si](CCCOCC1CO1)(OC)OC. The molecule has 0 saturated carbocycles. The molecule has 1 aliphatic rings. The summed E-state index contributed by atoms with van der Waals surface area (Å²) in [5.41, 5.74) is 0.576. The van der Waals surface area contributed by atoms with E-state index < -0.39 is 90.1 Å². The number of carbonyl (C=O) groups is 8. The normalized spacial score (nSPS) is 13.0. The van der Waals surface area contributed by atoms with E-state index in [4.69, 9.17) is 79.0 Å². The van der Waals surface area contributed by atoms with E-state index in [1.807, 2.05) is 0 Å². The summed E-state index contributed by atoms with van der Waals surface area (Å²) >= 11 is 0. The van der Waals surface area contributed by atoms with Gasteiger partial charge >= 0.3 is 65.4 Å². The molecule has 28 heteroatoms. The summed E-state index contributed by atoms with van der Waals surface area (Å²) in [5.74, 6) is -6.31. The molecule has 2 atom stereocenters. The summed E-state index contributed by atoms with van der Waals surface area (Å²) in [5, 5.41) is 18.4. The maximum atomic E-state index is 12.2. The number of aliphatic hydroxyl groups is 1. The first kappa shape index (κ1) is 72.8. The summed E-state index contributed by atoms with van der Waals surface area (Å²) in [6.45, 7) is 20.1. The lowest BCUT2D eigenvalue weighted by molar-refractivity contribution is -0.165. The van der Waals surface area contributed by atoms with Gasteiger partial charge in [0, 0.05) is 90.3 Å². The van der Waals surface area contributed by atoms with Gasteiger partial charge in [0.05, 0.1) is 45.5 Å². The first-order valence-electron chi connectivity index (χ1n) is 23.6. The van der Waals surface area contributed by atoms with Crippen LogP contribution in [-0.4, -0.2) is 209 Å². The molecule has 0 aromatic heterocycles. The third-order valence-electron chi connectivity index (χ3n) is 9.53. The highest BCUT2D eigenvalue weighted by Crippen LogP contribution is 2.17. The summed E-state index contributed by atoms with van der Waals surface area (Å²) in [6, 6.07) is 1.31. The highest BCUT2D eigenvalue weighted by Gasteiger charge is 2.38. The molecule has 0 bridgehead atoms. The van der Waals surface area contributed by atoms with E-state index in [9.17, 15) is 43.5 Å². The first-order valence-corrected chi connectivity index (χ1v) is 27.5. The molecule has 1 fully saturated rings. The Hall–Kier alpha value is -5.25. The molecule has 2 N–H and O–H groups in total. The average Bonchev–Trinajstić information content (AvgIpc) is 4.23. The monoisotopic (exact) mass is 1130 g/mol. The molecule has 1 aliphatic heterocycles. The number of carboxylic acids is 1. The van der Waals surface area contributed by atoms with E-state index >= 15 is 0 Å². The number of ether oxygens (including phenoxy) is 10. The Morgan fingerprint density at radius 1 is 0.500 bits per heavy atom. The maximum absolute atomic E-state index is 12.2. The number of carbonyl (C=O) groups excluding carboxylic acids is 7. The van der Waals surface area contributed by atoms with Gasteiger partial charge in [-0.1, -0.05) is 26.3 Å². The van der Waals surface area contributed by atoms with Crippen LogP contribution in [0.2, 0.25) is 12.1 Å². The Labute approximate surface area is 446 Å².